The molecule has 1 aromatic carbocycles. The van der Waals surface area contributed by atoms with Crippen LogP contribution < -0.4 is 5.73 Å². The Labute approximate surface area is 356 Å². The smallest absolute Gasteiger partial charge is 0.226 e. The minimum Gasteiger partial charge on any atom is -0.388 e. The third kappa shape index (κ3) is 14.5. The minimum atomic E-state index is -0.778. The molecule has 1 fully saturated rings. The first-order valence-electron chi connectivity index (χ1n) is 22.2. The predicted molar refractivity (Wildman–Crippen MR) is 233 cm³/mol. The Kier molecular flexibility index (Phi) is 22.5. The molecule has 0 aliphatic carbocycles. The topological polar surface area (TPSA) is 160 Å². The van der Waals surface area contributed by atoms with Gasteiger partial charge >= 0.3 is 0 Å². The number of unbranched alkanes of at least 4 members (excludes halogenated alkanes) is 2. The van der Waals surface area contributed by atoms with Crippen molar-refractivity contribution in [3.05, 3.63) is 35.9 Å². The second-order valence-electron chi connectivity index (χ2n) is 17.9. The number of likely N-dealkylation sites (tertiary alicyclic amines) is 1. The van der Waals surface area contributed by atoms with Gasteiger partial charge in [-0.1, -0.05) is 98.6 Å². The molecule has 0 saturated carbocycles. The first-order chi connectivity index (χ1) is 27.9. The second kappa shape index (κ2) is 25.6. The molecular weight excluding hydrogens is 749 g/mol. The van der Waals surface area contributed by atoms with Crippen LogP contribution in [-0.2, 0) is 33.4 Å². The highest BCUT2D eigenvalue weighted by Crippen LogP contribution is 2.33. The molecule has 59 heavy (non-hydrogen) atoms. The summed E-state index contributed by atoms with van der Waals surface area (Å²) in [5.74, 6) is -2.36. The van der Waals surface area contributed by atoms with Crippen LogP contribution in [0.15, 0.2) is 30.3 Å². The van der Waals surface area contributed by atoms with E-state index in [9.17, 15) is 29.1 Å². The molecule has 3 amide bonds. The third-order valence-electron chi connectivity index (χ3n) is 13.0. The number of benzene rings is 1. The van der Waals surface area contributed by atoms with Gasteiger partial charge in [-0.05, 0) is 61.5 Å². The SMILES string of the molecule is CC[C@H](C)[C@@H]([C@@H](CC(=O)N1CCC[C@H]1C(OC)[C@@H](C)C(=O)C[C@H](C)C(O)c1ccccc1)OC)N(C)C(=O)[C@@H](CC(=O)[C@H](C(C)C)N(C)C(=O)CCCCCN)C(C)C. The number of hydrogen-bond acceptors (Lipinski definition) is 9. The Morgan fingerprint density at radius 2 is 1.47 bits per heavy atom. The Bertz CT molecular complexity index is 1460. The van der Waals surface area contributed by atoms with Crippen molar-refractivity contribution in [1.82, 2.24) is 14.7 Å². The van der Waals surface area contributed by atoms with Crippen LogP contribution in [0.4, 0.5) is 0 Å². The van der Waals surface area contributed by atoms with Gasteiger partial charge < -0.3 is 35.0 Å². The molecule has 0 bridgehead atoms. The maximum atomic E-state index is 14.5. The second-order valence-corrected chi connectivity index (χ2v) is 17.9. The summed E-state index contributed by atoms with van der Waals surface area (Å²) in [5.41, 5.74) is 6.38. The highest BCUT2D eigenvalue weighted by molar-refractivity contribution is 5.93. The Hall–Kier alpha value is -3.19. The summed E-state index contributed by atoms with van der Waals surface area (Å²) < 4.78 is 12.1. The molecule has 1 heterocycles. The summed E-state index contributed by atoms with van der Waals surface area (Å²) >= 11 is 0. The number of nitrogens with two attached hydrogens (primary N) is 1. The number of Topliss-reactive ketones (excluding diaryl/α,β-unsaturated/α-hetero) is 2. The van der Waals surface area contributed by atoms with Crippen molar-refractivity contribution in [2.24, 2.45) is 41.2 Å². The van der Waals surface area contributed by atoms with Crippen molar-refractivity contribution in [3.63, 3.8) is 0 Å². The first-order valence-corrected chi connectivity index (χ1v) is 22.2. The largest absolute Gasteiger partial charge is 0.388 e. The van der Waals surface area contributed by atoms with E-state index in [0.29, 0.717) is 32.4 Å². The predicted octanol–water partition coefficient (Wildman–Crippen LogP) is 6.47. The normalized spacial score (nSPS) is 19.1. The standard InChI is InChI=1S/C47H80N4O8/c1-13-32(6)44(50(10)47(57)36(30(2)3)28-39(53)43(31(4)5)49(9)41(54)24-18-15-19-25-48)40(58-11)29-42(55)51-26-20-23-37(51)46(59-12)34(8)38(52)27-33(7)45(56)35-21-16-14-17-22-35/h14,16-17,21-22,30-34,36-37,40,43-46,56H,13,15,18-20,23-29,48H2,1-12H3/t32-,33-,34-,36-,37-,40+,43-,44-,45?,46?/m0/s1. The molecule has 1 aliphatic heterocycles. The lowest BCUT2D eigenvalue weighted by Crippen LogP contribution is -2.54. The maximum absolute atomic E-state index is 14.5. The third-order valence-corrected chi connectivity index (χ3v) is 13.0. The molecule has 336 valence electrons. The fourth-order valence-corrected chi connectivity index (χ4v) is 9.10. The van der Waals surface area contributed by atoms with E-state index in [-0.39, 0.29) is 78.3 Å². The molecule has 12 heteroatoms. The van der Waals surface area contributed by atoms with Crippen LogP contribution in [0.1, 0.15) is 131 Å². The van der Waals surface area contributed by atoms with Gasteiger partial charge in [0, 0.05) is 66.0 Å². The van der Waals surface area contributed by atoms with Crippen LogP contribution in [-0.4, -0.2) is 121 Å². The van der Waals surface area contributed by atoms with E-state index in [1.807, 2.05) is 90.6 Å². The lowest BCUT2D eigenvalue weighted by atomic mass is 9.83. The summed E-state index contributed by atoms with van der Waals surface area (Å²) in [7, 11) is 6.57. The lowest BCUT2D eigenvalue weighted by Gasteiger charge is -2.41. The number of likely N-dealkylation sites (N-methyl/N-ethyl adjacent to an activating group) is 2. The summed E-state index contributed by atoms with van der Waals surface area (Å²) in [6.45, 7) is 16.6. The van der Waals surface area contributed by atoms with Crippen LogP contribution in [0.3, 0.4) is 0 Å². The van der Waals surface area contributed by atoms with Gasteiger partial charge in [0.15, 0.2) is 5.78 Å². The first kappa shape index (κ1) is 51.9. The lowest BCUT2D eigenvalue weighted by molar-refractivity contribution is -0.149. The number of methoxy groups -OCH3 is 2. The molecule has 0 radical (unpaired) electrons. The van der Waals surface area contributed by atoms with Crippen LogP contribution >= 0.6 is 0 Å². The van der Waals surface area contributed by atoms with Gasteiger partial charge in [-0.3, -0.25) is 24.0 Å². The van der Waals surface area contributed by atoms with Crippen molar-refractivity contribution in [3.8, 4) is 0 Å². The molecule has 2 rings (SSSR count). The zero-order valence-electron chi connectivity index (χ0n) is 38.5. The number of ketones is 2. The molecule has 12 nitrogen and oxygen atoms in total. The van der Waals surface area contributed by atoms with Crippen molar-refractivity contribution >= 4 is 29.3 Å². The maximum Gasteiger partial charge on any atom is 0.226 e. The summed E-state index contributed by atoms with van der Waals surface area (Å²) in [4.78, 5) is 74.7. The van der Waals surface area contributed by atoms with Gasteiger partial charge in [-0.15, -0.1) is 0 Å². The molecule has 10 atom stereocenters. The average molecular weight is 829 g/mol. The number of carbonyl (C=O) groups excluding carboxylic acids is 5. The molecule has 3 N–H and O–H groups in total. The van der Waals surface area contributed by atoms with Crippen molar-refractivity contribution in [2.75, 3.05) is 41.4 Å². The fourth-order valence-electron chi connectivity index (χ4n) is 9.10. The summed E-state index contributed by atoms with van der Waals surface area (Å²) in [5, 5.41) is 10.9. The van der Waals surface area contributed by atoms with Gasteiger partial charge in [-0.25, -0.2) is 0 Å². The molecule has 0 aromatic heterocycles. The van der Waals surface area contributed by atoms with Crippen LogP contribution in [0, 0.1) is 35.5 Å². The number of aliphatic hydroxyl groups is 1. The molecule has 2 unspecified atom stereocenters. The number of ether oxygens (including phenoxy) is 2. The fraction of sp³-hybridized carbons (Fsp3) is 0.766. The van der Waals surface area contributed by atoms with Crippen molar-refractivity contribution < 1.29 is 38.6 Å². The van der Waals surface area contributed by atoms with Crippen molar-refractivity contribution in [1.29, 1.82) is 0 Å². The zero-order chi connectivity index (χ0) is 44.6. The number of nitrogens with zero attached hydrogens (tertiary/aromatic N) is 3. The molecule has 1 aromatic rings. The van der Waals surface area contributed by atoms with E-state index in [1.165, 1.54) is 0 Å². The van der Waals surface area contributed by atoms with E-state index >= 15 is 0 Å². The van der Waals surface area contributed by atoms with Crippen LogP contribution in [0.5, 0.6) is 0 Å². The van der Waals surface area contributed by atoms with E-state index in [0.717, 1.165) is 31.2 Å². The average Bonchev–Trinajstić information content (AvgIpc) is 3.70. The van der Waals surface area contributed by atoms with Crippen LogP contribution in [0.2, 0.25) is 0 Å². The number of aliphatic hydroxyl groups excluding tert-OH is 1. The summed E-state index contributed by atoms with van der Waals surface area (Å²) in [6.07, 6.45) is 3.18. The molecular formula is C47H80N4O8. The Morgan fingerprint density at radius 3 is 2.02 bits per heavy atom. The molecule has 0 spiro atoms. The van der Waals surface area contributed by atoms with E-state index in [4.69, 9.17) is 15.2 Å². The number of amides is 3. The van der Waals surface area contributed by atoms with Gasteiger partial charge in [0.1, 0.15) is 5.78 Å². The monoisotopic (exact) mass is 829 g/mol. The molecule has 1 saturated heterocycles. The van der Waals surface area contributed by atoms with E-state index in [2.05, 4.69) is 0 Å². The van der Waals surface area contributed by atoms with Crippen molar-refractivity contribution in [2.45, 2.75) is 156 Å². The van der Waals surface area contributed by atoms with Gasteiger partial charge in [0.2, 0.25) is 17.7 Å². The Balaban J connectivity index is 2.26. The number of hydrogen-bond donors (Lipinski definition) is 2. The van der Waals surface area contributed by atoms with E-state index in [1.54, 1.807) is 38.1 Å². The van der Waals surface area contributed by atoms with Gasteiger partial charge in [-0.2, -0.15) is 0 Å². The zero-order valence-corrected chi connectivity index (χ0v) is 38.5. The minimum absolute atomic E-state index is 0.00690. The Morgan fingerprint density at radius 1 is 0.831 bits per heavy atom. The van der Waals surface area contributed by atoms with Crippen LogP contribution in [0.25, 0.3) is 0 Å². The quantitative estimate of drug-likeness (QED) is 0.0949. The number of carbonyl (C=O) groups is 5. The molecule has 1 aliphatic rings. The highest BCUT2D eigenvalue weighted by Gasteiger charge is 2.43. The summed E-state index contributed by atoms with van der Waals surface area (Å²) in [6, 6.07) is 7.89. The van der Waals surface area contributed by atoms with E-state index < -0.39 is 42.2 Å². The highest BCUT2D eigenvalue weighted by atomic mass is 16.5. The number of rotatable bonds is 27. The van der Waals surface area contributed by atoms with Gasteiger partial charge in [0.05, 0.1) is 42.9 Å². The van der Waals surface area contributed by atoms with Gasteiger partial charge in [0.25, 0.3) is 0 Å².